The molecule has 0 radical (unpaired) electrons. The molecule has 0 spiro atoms. The van der Waals surface area contributed by atoms with Gasteiger partial charge in [0.05, 0.1) is 5.60 Å². The molecule has 1 aliphatic heterocycles. The van der Waals surface area contributed by atoms with E-state index in [-0.39, 0.29) is 11.8 Å². The maximum absolute atomic E-state index is 11.4. The fourth-order valence-electron chi connectivity index (χ4n) is 3.97. The van der Waals surface area contributed by atoms with Crippen LogP contribution in [0.25, 0.3) is 0 Å². The van der Waals surface area contributed by atoms with Gasteiger partial charge < -0.3 is 10.4 Å². The van der Waals surface area contributed by atoms with Crippen molar-refractivity contribution in [3.05, 3.63) is 108 Å². The van der Waals surface area contributed by atoms with Crippen molar-refractivity contribution in [3.8, 4) is 0 Å². The maximum atomic E-state index is 11.4. The van der Waals surface area contributed by atoms with Crippen LogP contribution in [-0.4, -0.2) is 23.8 Å². The van der Waals surface area contributed by atoms with Crippen molar-refractivity contribution in [2.45, 2.75) is 17.4 Å². The first kappa shape index (κ1) is 16.1. The number of benzene rings is 3. The average molecular weight is 329 g/mol. The first-order chi connectivity index (χ1) is 12.3. The quantitative estimate of drug-likeness (QED) is 0.743. The summed E-state index contributed by atoms with van der Waals surface area (Å²) in [6, 6.07) is 31.5. The molecule has 1 aliphatic rings. The van der Waals surface area contributed by atoms with Crippen LogP contribution < -0.4 is 5.32 Å². The highest BCUT2D eigenvalue weighted by atomic mass is 16.3. The lowest BCUT2D eigenvalue weighted by Gasteiger charge is -2.47. The van der Waals surface area contributed by atoms with E-state index in [1.807, 2.05) is 18.2 Å². The van der Waals surface area contributed by atoms with E-state index in [1.165, 1.54) is 16.7 Å². The second kappa shape index (κ2) is 6.83. The summed E-state index contributed by atoms with van der Waals surface area (Å²) in [5.74, 6) is 0.108. The van der Waals surface area contributed by atoms with E-state index in [4.69, 9.17) is 0 Å². The van der Waals surface area contributed by atoms with E-state index in [2.05, 4.69) is 78.1 Å². The molecule has 25 heavy (non-hydrogen) atoms. The molecule has 0 saturated carbocycles. The third-order valence-electron chi connectivity index (χ3n) is 5.25. The Balaban J connectivity index is 1.88. The Morgan fingerprint density at radius 2 is 1.04 bits per heavy atom. The summed E-state index contributed by atoms with van der Waals surface area (Å²) in [5.41, 5.74) is 2.92. The number of aliphatic hydroxyl groups is 1. The smallest absolute Gasteiger partial charge is 0.0972 e. The topological polar surface area (TPSA) is 32.3 Å². The van der Waals surface area contributed by atoms with Crippen LogP contribution in [0.1, 0.15) is 28.5 Å². The van der Waals surface area contributed by atoms with Crippen LogP contribution in [0.15, 0.2) is 91.0 Å². The lowest BCUT2D eigenvalue weighted by atomic mass is 9.66. The van der Waals surface area contributed by atoms with Gasteiger partial charge in [0.15, 0.2) is 0 Å². The molecule has 1 saturated heterocycles. The molecule has 2 nitrogen and oxygen atoms in total. The largest absolute Gasteiger partial charge is 0.387 e. The molecule has 1 unspecified atom stereocenters. The van der Waals surface area contributed by atoms with Gasteiger partial charge in [0.2, 0.25) is 0 Å². The minimum Gasteiger partial charge on any atom is -0.387 e. The van der Waals surface area contributed by atoms with Crippen molar-refractivity contribution in [1.29, 1.82) is 0 Å². The monoisotopic (exact) mass is 329 g/mol. The zero-order chi connectivity index (χ0) is 17.1. The fourth-order valence-corrected chi connectivity index (χ4v) is 3.97. The van der Waals surface area contributed by atoms with Gasteiger partial charge in [-0.2, -0.15) is 0 Å². The number of hydrogen-bond acceptors (Lipinski definition) is 2. The Morgan fingerprint density at radius 3 is 1.40 bits per heavy atom. The van der Waals surface area contributed by atoms with E-state index >= 15 is 0 Å². The molecule has 0 aliphatic carbocycles. The van der Waals surface area contributed by atoms with Crippen LogP contribution in [0.4, 0.5) is 0 Å². The van der Waals surface area contributed by atoms with Gasteiger partial charge in [-0.25, -0.2) is 0 Å². The summed E-state index contributed by atoms with van der Waals surface area (Å²) >= 11 is 0. The summed E-state index contributed by atoms with van der Waals surface area (Å²) in [6.45, 7) is 1.26. The predicted molar refractivity (Wildman–Crippen MR) is 102 cm³/mol. The Hall–Kier alpha value is -2.42. The van der Waals surface area contributed by atoms with Crippen molar-refractivity contribution in [1.82, 2.24) is 5.32 Å². The lowest BCUT2D eigenvalue weighted by Crippen LogP contribution is -2.63. The molecule has 0 aromatic heterocycles. The molecule has 1 atom stereocenters. The van der Waals surface area contributed by atoms with Gasteiger partial charge in [-0.3, -0.25) is 0 Å². The van der Waals surface area contributed by atoms with Crippen LogP contribution in [-0.2, 0) is 0 Å². The minimum absolute atomic E-state index is 0.000231. The van der Waals surface area contributed by atoms with Gasteiger partial charge in [0.25, 0.3) is 0 Å². The molecule has 2 N–H and O–H groups in total. The van der Waals surface area contributed by atoms with E-state index in [0.717, 1.165) is 0 Å². The van der Waals surface area contributed by atoms with E-state index in [0.29, 0.717) is 13.1 Å². The van der Waals surface area contributed by atoms with Crippen LogP contribution in [0.5, 0.6) is 0 Å². The zero-order valence-corrected chi connectivity index (χ0v) is 14.2. The maximum Gasteiger partial charge on any atom is 0.0972 e. The van der Waals surface area contributed by atoms with Crippen molar-refractivity contribution in [2.75, 3.05) is 13.1 Å². The third kappa shape index (κ3) is 3.11. The van der Waals surface area contributed by atoms with E-state index in [1.54, 1.807) is 0 Å². The SMILES string of the molecule is OC1(C(c2ccccc2)C(c2ccccc2)c2ccccc2)CNC1. The van der Waals surface area contributed by atoms with Crippen molar-refractivity contribution < 1.29 is 5.11 Å². The standard InChI is InChI=1S/C23H23NO/c25-23(16-24-17-23)22(20-14-8-3-9-15-20)21(18-10-4-1-5-11-18)19-12-6-2-7-13-19/h1-15,21-22,24-25H,16-17H2. The number of hydrogen-bond donors (Lipinski definition) is 2. The minimum atomic E-state index is -0.738. The van der Waals surface area contributed by atoms with Crippen LogP contribution in [0.3, 0.4) is 0 Å². The number of β-amino-alcohol motifs (C(OH)–C–C–N with tert-alkyl or cyclic N) is 1. The van der Waals surface area contributed by atoms with Crippen molar-refractivity contribution in [3.63, 3.8) is 0 Å². The number of nitrogens with one attached hydrogen (secondary N) is 1. The Labute approximate surface area is 149 Å². The summed E-state index contributed by atoms with van der Waals surface area (Å²) in [5, 5.41) is 14.6. The second-order valence-electron chi connectivity index (χ2n) is 6.89. The molecule has 3 aromatic carbocycles. The van der Waals surface area contributed by atoms with Gasteiger partial charge >= 0.3 is 0 Å². The van der Waals surface area contributed by atoms with Gasteiger partial charge in [0, 0.05) is 24.9 Å². The van der Waals surface area contributed by atoms with Gasteiger partial charge in [-0.05, 0) is 16.7 Å². The molecule has 4 rings (SSSR count). The van der Waals surface area contributed by atoms with Gasteiger partial charge in [-0.1, -0.05) is 91.0 Å². The van der Waals surface area contributed by atoms with E-state index in [9.17, 15) is 5.11 Å². The summed E-state index contributed by atoms with van der Waals surface area (Å²) in [7, 11) is 0. The molecule has 2 heteroatoms. The summed E-state index contributed by atoms with van der Waals surface area (Å²) < 4.78 is 0. The van der Waals surface area contributed by atoms with E-state index < -0.39 is 5.60 Å². The molecular weight excluding hydrogens is 306 g/mol. The normalized spacial score (nSPS) is 17.0. The molecule has 126 valence electrons. The predicted octanol–water partition coefficient (Wildman–Crippen LogP) is 3.94. The molecule has 1 fully saturated rings. The lowest BCUT2D eigenvalue weighted by molar-refractivity contribution is -0.0391. The average Bonchev–Trinajstić information content (AvgIpc) is 2.66. The van der Waals surface area contributed by atoms with Gasteiger partial charge in [0.1, 0.15) is 0 Å². The molecule has 0 amide bonds. The second-order valence-corrected chi connectivity index (χ2v) is 6.89. The van der Waals surface area contributed by atoms with Crippen LogP contribution >= 0.6 is 0 Å². The molecular formula is C23H23NO. The summed E-state index contributed by atoms with van der Waals surface area (Å²) in [6.07, 6.45) is 0. The Morgan fingerprint density at radius 1 is 0.640 bits per heavy atom. The summed E-state index contributed by atoms with van der Waals surface area (Å²) in [4.78, 5) is 0. The van der Waals surface area contributed by atoms with Crippen LogP contribution in [0.2, 0.25) is 0 Å². The molecule has 1 heterocycles. The van der Waals surface area contributed by atoms with Crippen molar-refractivity contribution in [2.24, 2.45) is 0 Å². The first-order valence-electron chi connectivity index (χ1n) is 8.86. The van der Waals surface area contributed by atoms with Crippen molar-refractivity contribution >= 4 is 0 Å². The van der Waals surface area contributed by atoms with Gasteiger partial charge in [-0.15, -0.1) is 0 Å². The molecule has 0 bridgehead atoms. The highest BCUT2D eigenvalue weighted by Gasteiger charge is 2.47. The fraction of sp³-hybridized carbons (Fsp3) is 0.217. The third-order valence-corrected chi connectivity index (χ3v) is 5.25. The number of rotatable bonds is 5. The highest BCUT2D eigenvalue weighted by molar-refractivity contribution is 5.41. The van der Waals surface area contributed by atoms with Crippen LogP contribution in [0, 0.1) is 0 Å². The zero-order valence-electron chi connectivity index (χ0n) is 14.2. The Bertz CT molecular complexity index is 758. The molecule has 3 aromatic rings. The first-order valence-corrected chi connectivity index (χ1v) is 8.86. The Kier molecular flexibility index (Phi) is 4.39. The highest BCUT2D eigenvalue weighted by Crippen LogP contribution is 2.46.